The summed E-state index contributed by atoms with van der Waals surface area (Å²) in [6, 6.07) is 3.16. The third-order valence-corrected chi connectivity index (χ3v) is 7.30. The van der Waals surface area contributed by atoms with Gasteiger partial charge in [0.05, 0.1) is 24.6 Å². The second-order valence-corrected chi connectivity index (χ2v) is 9.60. The van der Waals surface area contributed by atoms with Crippen LogP contribution in [0, 0.1) is 11.6 Å². The lowest BCUT2D eigenvalue weighted by Gasteiger charge is -2.43. The Hall–Kier alpha value is -2.48. The fraction of sp³-hybridized carbons (Fsp3) is 0.542. The standard InChI is InChI=1S/C24H27ClF2N4O6/c1-34-24-19(9-14-8-18(37-29-14)12-2-4-35-5-3-12)36-20(11-32)23(33)22(24)31-10-17(28-30-31)13-6-15(26)21(25)16(27)7-13/h6-8,10,12,19-20,22-24,32-33H,2-5,9,11H2,1H3/t19-,20-,22+,23+,24+/m1/s1. The van der Waals surface area contributed by atoms with Gasteiger partial charge in [0.25, 0.3) is 0 Å². The van der Waals surface area contributed by atoms with Crippen LogP contribution in [-0.4, -0.2) is 81.7 Å². The fourth-order valence-electron chi connectivity index (χ4n) is 4.99. The van der Waals surface area contributed by atoms with E-state index in [1.807, 2.05) is 6.07 Å². The molecule has 0 saturated carbocycles. The maximum absolute atomic E-state index is 14.0. The van der Waals surface area contributed by atoms with Gasteiger partial charge in [-0.3, -0.25) is 0 Å². The Kier molecular flexibility index (Phi) is 7.84. The monoisotopic (exact) mass is 540 g/mol. The van der Waals surface area contributed by atoms with E-state index in [1.54, 1.807) is 0 Å². The SMILES string of the molecule is CO[C@@H]1[C@@H](n2cc(-c3cc(F)c(Cl)c(F)c3)nn2)[C@@H](O)[C@@H](CO)O[C@@H]1Cc1cc(C2CCOCC2)on1. The molecule has 2 aliphatic rings. The van der Waals surface area contributed by atoms with Crippen molar-refractivity contribution in [1.29, 1.82) is 0 Å². The van der Waals surface area contributed by atoms with Crippen LogP contribution in [0.1, 0.15) is 36.3 Å². The number of rotatable bonds is 7. The minimum atomic E-state index is -1.21. The molecule has 2 N–H and O–H groups in total. The molecular formula is C24H27ClF2N4O6. The first kappa shape index (κ1) is 26.1. The number of aromatic nitrogens is 4. The molecule has 2 aromatic heterocycles. The first-order valence-corrected chi connectivity index (χ1v) is 12.3. The van der Waals surface area contributed by atoms with Crippen molar-refractivity contribution in [3.8, 4) is 11.3 Å². The van der Waals surface area contributed by atoms with E-state index in [1.165, 1.54) is 18.0 Å². The van der Waals surface area contributed by atoms with Crippen molar-refractivity contribution in [2.45, 2.75) is 55.6 Å². The van der Waals surface area contributed by atoms with Gasteiger partial charge in [0.15, 0.2) is 0 Å². The average molecular weight is 541 g/mol. The molecule has 2 fully saturated rings. The van der Waals surface area contributed by atoms with Crippen LogP contribution in [0.4, 0.5) is 8.78 Å². The third-order valence-electron chi connectivity index (χ3n) is 6.94. The number of aliphatic hydroxyl groups is 2. The zero-order valence-electron chi connectivity index (χ0n) is 20.0. The molecule has 0 aliphatic carbocycles. The van der Waals surface area contributed by atoms with Crippen LogP contribution in [0.15, 0.2) is 28.9 Å². The summed E-state index contributed by atoms with van der Waals surface area (Å²) in [6.07, 6.45) is -0.0669. The third kappa shape index (κ3) is 5.27. The smallest absolute Gasteiger partial charge is 0.145 e. The quantitative estimate of drug-likeness (QED) is 0.435. The van der Waals surface area contributed by atoms with Crippen molar-refractivity contribution in [3.05, 3.63) is 52.5 Å². The Labute approximate surface area is 216 Å². The predicted molar refractivity (Wildman–Crippen MR) is 125 cm³/mol. The van der Waals surface area contributed by atoms with Crippen molar-refractivity contribution in [3.63, 3.8) is 0 Å². The Morgan fingerprint density at radius 3 is 2.57 bits per heavy atom. The Morgan fingerprint density at radius 1 is 1.16 bits per heavy atom. The molecule has 2 aliphatic heterocycles. The topological polar surface area (TPSA) is 125 Å². The molecule has 2 saturated heterocycles. The Bertz CT molecular complexity index is 1200. The van der Waals surface area contributed by atoms with Crippen LogP contribution in [0.25, 0.3) is 11.3 Å². The van der Waals surface area contributed by atoms with Crippen LogP contribution in [-0.2, 0) is 20.6 Å². The summed E-state index contributed by atoms with van der Waals surface area (Å²) in [5, 5.41) is 32.6. The molecule has 37 heavy (non-hydrogen) atoms. The van der Waals surface area contributed by atoms with Gasteiger partial charge in [0, 0.05) is 44.3 Å². The summed E-state index contributed by atoms with van der Waals surface area (Å²) in [5.74, 6) is -0.849. The summed E-state index contributed by atoms with van der Waals surface area (Å²) in [4.78, 5) is 0. The van der Waals surface area contributed by atoms with Crippen molar-refractivity contribution in [1.82, 2.24) is 20.2 Å². The number of benzene rings is 1. The molecule has 0 amide bonds. The molecule has 3 aromatic rings. The van der Waals surface area contributed by atoms with Crippen LogP contribution in [0.3, 0.4) is 0 Å². The van der Waals surface area contributed by atoms with Gasteiger partial charge in [-0.05, 0) is 25.0 Å². The van der Waals surface area contributed by atoms with Crippen molar-refractivity contribution in [2.75, 3.05) is 26.9 Å². The van der Waals surface area contributed by atoms with E-state index in [0.717, 1.165) is 30.7 Å². The van der Waals surface area contributed by atoms with Crippen LogP contribution in [0.5, 0.6) is 0 Å². The maximum Gasteiger partial charge on any atom is 0.145 e. The van der Waals surface area contributed by atoms with Gasteiger partial charge in [-0.2, -0.15) is 0 Å². The molecule has 4 heterocycles. The number of halogens is 3. The molecule has 0 unspecified atom stereocenters. The molecule has 5 atom stereocenters. The lowest BCUT2D eigenvalue weighted by Crippen LogP contribution is -2.57. The lowest BCUT2D eigenvalue weighted by atomic mass is 9.90. The molecule has 13 heteroatoms. The van der Waals surface area contributed by atoms with Gasteiger partial charge in [-0.15, -0.1) is 5.10 Å². The van der Waals surface area contributed by atoms with Gasteiger partial charge in [0.1, 0.15) is 52.5 Å². The second kappa shape index (κ2) is 11.1. The van der Waals surface area contributed by atoms with E-state index in [4.69, 9.17) is 30.3 Å². The minimum Gasteiger partial charge on any atom is -0.394 e. The summed E-state index contributed by atoms with van der Waals surface area (Å²) in [5.41, 5.74) is 0.934. The molecule has 0 bridgehead atoms. The largest absolute Gasteiger partial charge is 0.394 e. The van der Waals surface area contributed by atoms with Crippen LogP contribution in [0.2, 0.25) is 5.02 Å². The van der Waals surface area contributed by atoms with Crippen LogP contribution < -0.4 is 0 Å². The number of aliphatic hydroxyl groups excluding tert-OH is 2. The van der Waals surface area contributed by atoms with Crippen LogP contribution >= 0.6 is 11.6 Å². The van der Waals surface area contributed by atoms with E-state index in [-0.39, 0.29) is 17.2 Å². The van der Waals surface area contributed by atoms with E-state index >= 15 is 0 Å². The summed E-state index contributed by atoms with van der Waals surface area (Å²) >= 11 is 5.59. The first-order chi connectivity index (χ1) is 17.9. The van der Waals surface area contributed by atoms with Gasteiger partial charge >= 0.3 is 0 Å². The summed E-state index contributed by atoms with van der Waals surface area (Å²) in [6.45, 7) is 0.891. The normalized spacial score (nSPS) is 27.0. The molecule has 1 aromatic carbocycles. The highest BCUT2D eigenvalue weighted by Gasteiger charge is 2.47. The lowest BCUT2D eigenvalue weighted by molar-refractivity contribution is -0.212. The Balaban J connectivity index is 1.40. The zero-order valence-corrected chi connectivity index (χ0v) is 20.7. The first-order valence-electron chi connectivity index (χ1n) is 12.0. The molecule has 5 rings (SSSR count). The number of ether oxygens (including phenoxy) is 3. The highest BCUT2D eigenvalue weighted by atomic mass is 35.5. The second-order valence-electron chi connectivity index (χ2n) is 9.23. The van der Waals surface area contributed by atoms with Crippen molar-refractivity contribution in [2.24, 2.45) is 0 Å². The van der Waals surface area contributed by atoms with E-state index in [0.29, 0.717) is 25.3 Å². The highest BCUT2D eigenvalue weighted by molar-refractivity contribution is 6.30. The average Bonchev–Trinajstić information content (AvgIpc) is 3.58. The molecule has 0 spiro atoms. The van der Waals surface area contributed by atoms with E-state index in [2.05, 4.69) is 15.5 Å². The predicted octanol–water partition coefficient (Wildman–Crippen LogP) is 2.68. The maximum atomic E-state index is 14.0. The molecule has 10 nitrogen and oxygen atoms in total. The highest BCUT2D eigenvalue weighted by Crippen LogP contribution is 2.35. The van der Waals surface area contributed by atoms with Gasteiger partial charge in [0.2, 0.25) is 0 Å². The number of methoxy groups -OCH3 is 1. The Morgan fingerprint density at radius 2 is 1.89 bits per heavy atom. The summed E-state index contributed by atoms with van der Waals surface area (Å²) < 4.78 is 52.1. The number of hydrogen-bond donors (Lipinski definition) is 2. The number of nitrogens with zero attached hydrogens (tertiary/aromatic N) is 4. The summed E-state index contributed by atoms with van der Waals surface area (Å²) in [7, 11) is 1.47. The van der Waals surface area contributed by atoms with Gasteiger partial charge < -0.3 is 28.9 Å². The zero-order chi connectivity index (χ0) is 26.1. The fourth-order valence-corrected chi connectivity index (χ4v) is 5.10. The van der Waals surface area contributed by atoms with Crippen molar-refractivity contribution < 1.29 is 37.7 Å². The number of hydrogen-bond acceptors (Lipinski definition) is 9. The van der Waals surface area contributed by atoms with E-state index < -0.39 is 53.7 Å². The molecule has 0 radical (unpaired) electrons. The van der Waals surface area contributed by atoms with Gasteiger partial charge in [-0.25, -0.2) is 13.5 Å². The molecule has 200 valence electrons. The molecular weight excluding hydrogens is 514 g/mol. The van der Waals surface area contributed by atoms with E-state index in [9.17, 15) is 19.0 Å². The van der Waals surface area contributed by atoms with Gasteiger partial charge in [-0.1, -0.05) is 22.0 Å². The van der Waals surface area contributed by atoms with Crippen molar-refractivity contribution >= 4 is 11.6 Å². The minimum absolute atomic E-state index is 0.125.